The minimum atomic E-state index is -0.295. The van der Waals surface area contributed by atoms with Gasteiger partial charge in [-0.05, 0) is 161 Å². The van der Waals surface area contributed by atoms with Crippen molar-refractivity contribution < 1.29 is 28.1 Å². The Labute approximate surface area is 402 Å². The molecule has 0 amide bonds. The Morgan fingerprint density at radius 1 is 0.471 bits per heavy atom. The smallest absolute Gasteiger partial charge is 0.322 e. The number of phenolic OH excluding ortho intramolecular Hbond substituents is 1. The number of ether oxygens (including phenoxy) is 3. The highest BCUT2D eigenvalue weighted by molar-refractivity contribution is 5.78. The number of nitrogens with one attached hydrogen (secondary N) is 2. The number of hydrogen-bond donors (Lipinski definition) is 3. The van der Waals surface area contributed by atoms with Crippen LogP contribution in [-0.2, 0) is 0 Å². The molecule has 6 heterocycles. The maximum Gasteiger partial charge on any atom is 0.322 e. The third kappa shape index (κ3) is 10.8. The summed E-state index contributed by atoms with van der Waals surface area (Å²) in [5.74, 6) is 2.01. The lowest BCUT2D eigenvalue weighted by molar-refractivity contribution is 0.370. The molecule has 70 heavy (non-hydrogen) atoms. The number of benzene rings is 5. The second kappa shape index (κ2) is 21.3. The number of piperidine rings is 2. The molecule has 0 aliphatic carbocycles. The molecule has 2 fully saturated rings. The van der Waals surface area contributed by atoms with E-state index in [1.807, 2.05) is 79.4 Å². The van der Waals surface area contributed by atoms with Crippen molar-refractivity contribution in [1.29, 1.82) is 0 Å². The summed E-state index contributed by atoms with van der Waals surface area (Å²) in [4.78, 5) is 27.4. The highest BCUT2D eigenvalue weighted by Crippen LogP contribution is 2.38. The predicted octanol–water partition coefficient (Wildman–Crippen LogP) is 11.2. The van der Waals surface area contributed by atoms with Gasteiger partial charge in [-0.1, -0.05) is 24.3 Å². The summed E-state index contributed by atoms with van der Waals surface area (Å²) >= 11 is 0. The van der Waals surface area contributed by atoms with E-state index in [0.717, 1.165) is 91.5 Å². The largest absolute Gasteiger partial charge is 0.508 e. The van der Waals surface area contributed by atoms with E-state index in [4.69, 9.17) is 24.2 Å². The number of rotatable bonds is 12. The maximum absolute atomic E-state index is 13.6. The number of para-hydroxylation sites is 1. The molecule has 0 radical (unpaired) electrons. The Morgan fingerprint density at radius 3 is 1.40 bits per heavy atom. The van der Waals surface area contributed by atoms with Gasteiger partial charge >= 0.3 is 12.0 Å². The first-order valence-corrected chi connectivity index (χ1v) is 23.1. The minimum absolute atomic E-state index is 0.0984. The van der Waals surface area contributed by atoms with Gasteiger partial charge < -0.3 is 39.1 Å². The first kappa shape index (κ1) is 45.4. The number of halogens is 2. The van der Waals surface area contributed by atoms with E-state index in [1.54, 1.807) is 54.9 Å². The number of aromatic nitrogens is 8. The van der Waals surface area contributed by atoms with Crippen LogP contribution in [0, 0.1) is 11.6 Å². The van der Waals surface area contributed by atoms with Crippen molar-refractivity contribution in [3.05, 3.63) is 176 Å². The Hall–Kier alpha value is -8.34. The Balaban J connectivity index is 0.000000165. The molecule has 14 nitrogen and oxygen atoms in total. The fourth-order valence-electron chi connectivity index (χ4n) is 8.59. The molecule has 0 saturated carbocycles. The van der Waals surface area contributed by atoms with Crippen molar-refractivity contribution >= 4 is 0 Å². The topological polar surface area (TPSA) is 159 Å². The molecule has 9 aromatic rings. The number of aromatic hydroxyl groups is 1. The van der Waals surface area contributed by atoms with E-state index >= 15 is 0 Å². The molecule has 11 rings (SSSR count). The molecule has 352 valence electrons. The van der Waals surface area contributed by atoms with Gasteiger partial charge in [0.25, 0.3) is 0 Å². The van der Waals surface area contributed by atoms with Crippen molar-refractivity contribution in [3.8, 4) is 86.1 Å². The zero-order valence-corrected chi connectivity index (χ0v) is 37.9. The van der Waals surface area contributed by atoms with Gasteiger partial charge in [0, 0.05) is 41.7 Å². The summed E-state index contributed by atoms with van der Waals surface area (Å²) in [6.07, 6.45) is 10.9. The number of nitrogens with zero attached hydrogens (tertiary/aromatic N) is 8. The fraction of sp³-hybridized carbons (Fsp3) is 0.185. The predicted molar refractivity (Wildman–Crippen MR) is 261 cm³/mol. The van der Waals surface area contributed by atoms with Crippen LogP contribution in [0.3, 0.4) is 0 Å². The summed E-state index contributed by atoms with van der Waals surface area (Å²) in [6.45, 7) is 3.75. The van der Waals surface area contributed by atoms with Crippen molar-refractivity contribution in [2.45, 2.75) is 37.8 Å². The lowest BCUT2D eigenvalue weighted by atomic mass is 10.0. The van der Waals surface area contributed by atoms with Crippen molar-refractivity contribution in [2.75, 3.05) is 26.2 Å². The van der Waals surface area contributed by atoms with Gasteiger partial charge in [-0.2, -0.15) is 9.97 Å². The number of hydrogen-bond acceptors (Lipinski definition) is 12. The summed E-state index contributed by atoms with van der Waals surface area (Å²) in [5, 5.41) is 16.5. The molecule has 5 aromatic carbocycles. The van der Waals surface area contributed by atoms with Gasteiger partial charge in [-0.3, -0.25) is 0 Å². The number of imidazole rings is 2. The molecule has 2 saturated heterocycles. The summed E-state index contributed by atoms with van der Waals surface area (Å²) < 4.78 is 49.1. The van der Waals surface area contributed by atoms with Crippen LogP contribution in [0.5, 0.6) is 40.8 Å². The van der Waals surface area contributed by atoms with Crippen LogP contribution in [0.1, 0.15) is 37.8 Å². The highest BCUT2D eigenvalue weighted by Gasteiger charge is 2.26. The third-order valence-corrected chi connectivity index (χ3v) is 12.0. The fourth-order valence-corrected chi connectivity index (χ4v) is 8.59. The minimum Gasteiger partial charge on any atom is -0.508 e. The zero-order chi connectivity index (χ0) is 47.7. The molecule has 0 atom stereocenters. The Bertz CT molecular complexity index is 3140. The molecular weight excluding hydrogens is 891 g/mol. The summed E-state index contributed by atoms with van der Waals surface area (Å²) in [5.41, 5.74) is 6.15. The third-order valence-electron chi connectivity index (χ3n) is 12.0. The van der Waals surface area contributed by atoms with Crippen molar-refractivity contribution in [1.82, 2.24) is 49.7 Å². The standard InChI is InChI=1S/C30H26FN5O2.C24H22FN5O2/c31-22-8-6-21(7-9-22)28-29(36(20-34-28)23-14-17-32-18-15-23)27-16-19-33-30(35-27)38-26-12-10-25(11-13-26)37-24-4-2-1-3-5-24;25-17-6-4-16(5-7-17)22-23(30(15-28-22)18-8-11-26-12-9-18)21-10-13-27-24(29-21)32-20-3-1-2-19(31)14-20/h1-13,16,19-20,23,32H,14-15,17-18H2;1-7,10,13-15,18,26,31H,8-9,11-12H2. The van der Waals surface area contributed by atoms with Crippen LogP contribution < -0.4 is 24.8 Å². The van der Waals surface area contributed by atoms with Crippen molar-refractivity contribution in [3.63, 3.8) is 0 Å². The van der Waals surface area contributed by atoms with Crippen LogP contribution in [-0.4, -0.2) is 70.3 Å². The first-order valence-electron chi connectivity index (χ1n) is 23.1. The SMILES string of the molecule is Fc1ccc(-c2ncn(C3CCNCC3)c2-c2ccnc(Oc3ccc(Oc4ccccc4)cc3)n2)cc1.Oc1cccc(Oc2nccc(-c3c(-c4ccc(F)cc4)ncn3C3CCNCC3)n2)c1. The second-order valence-electron chi connectivity index (χ2n) is 16.7. The second-order valence-corrected chi connectivity index (χ2v) is 16.7. The molecular formula is C54H48F2N10O4. The lowest BCUT2D eigenvalue weighted by Gasteiger charge is -2.25. The van der Waals surface area contributed by atoms with Crippen LogP contribution in [0.15, 0.2) is 165 Å². The van der Waals surface area contributed by atoms with Gasteiger partial charge in [0.15, 0.2) is 0 Å². The molecule has 0 unspecified atom stereocenters. The number of phenols is 1. The van der Waals surface area contributed by atoms with Gasteiger partial charge in [0.2, 0.25) is 0 Å². The van der Waals surface area contributed by atoms with E-state index in [1.165, 1.54) is 30.3 Å². The van der Waals surface area contributed by atoms with Gasteiger partial charge in [-0.25, -0.2) is 28.7 Å². The average molecular weight is 939 g/mol. The normalized spacial score (nSPS) is 14.1. The Morgan fingerprint density at radius 2 is 0.914 bits per heavy atom. The molecule has 16 heteroatoms. The monoisotopic (exact) mass is 938 g/mol. The molecule has 2 aliphatic rings. The Kier molecular flexibility index (Phi) is 13.8. The van der Waals surface area contributed by atoms with Crippen LogP contribution in [0.4, 0.5) is 8.78 Å². The molecule has 3 N–H and O–H groups in total. The van der Waals surface area contributed by atoms with E-state index in [-0.39, 0.29) is 41.5 Å². The van der Waals surface area contributed by atoms with Gasteiger partial charge in [-0.15, -0.1) is 0 Å². The summed E-state index contributed by atoms with van der Waals surface area (Å²) in [6, 6.07) is 40.7. The molecule has 4 aromatic heterocycles. The highest BCUT2D eigenvalue weighted by atomic mass is 19.1. The van der Waals surface area contributed by atoms with E-state index < -0.39 is 0 Å². The van der Waals surface area contributed by atoms with Crippen LogP contribution in [0.2, 0.25) is 0 Å². The quantitative estimate of drug-likeness (QED) is 0.107. The van der Waals surface area contributed by atoms with E-state index in [2.05, 4.69) is 39.7 Å². The van der Waals surface area contributed by atoms with Crippen LogP contribution >= 0.6 is 0 Å². The van der Waals surface area contributed by atoms with E-state index in [9.17, 15) is 13.9 Å². The molecule has 0 spiro atoms. The first-order chi connectivity index (χ1) is 34.4. The average Bonchev–Trinajstić information content (AvgIpc) is 4.05. The lowest BCUT2D eigenvalue weighted by Crippen LogP contribution is -2.29. The molecule has 0 bridgehead atoms. The van der Waals surface area contributed by atoms with E-state index in [0.29, 0.717) is 28.6 Å². The molecule has 2 aliphatic heterocycles. The van der Waals surface area contributed by atoms with Gasteiger partial charge in [0.1, 0.15) is 40.4 Å². The summed E-state index contributed by atoms with van der Waals surface area (Å²) in [7, 11) is 0. The maximum atomic E-state index is 13.6. The van der Waals surface area contributed by atoms with Crippen molar-refractivity contribution in [2.24, 2.45) is 0 Å². The van der Waals surface area contributed by atoms with Crippen LogP contribution in [0.25, 0.3) is 45.3 Å². The van der Waals surface area contributed by atoms with Gasteiger partial charge in [0.05, 0.1) is 46.8 Å². The zero-order valence-electron chi connectivity index (χ0n) is 37.9.